The van der Waals surface area contributed by atoms with Crippen molar-refractivity contribution in [2.24, 2.45) is 0 Å². The second-order valence-corrected chi connectivity index (χ2v) is 7.26. The van der Waals surface area contributed by atoms with E-state index in [1.54, 1.807) is 11.3 Å². The van der Waals surface area contributed by atoms with E-state index in [0.29, 0.717) is 11.0 Å². The molecule has 2 N–H and O–H groups in total. The Labute approximate surface area is 129 Å². The van der Waals surface area contributed by atoms with Crippen LogP contribution in [-0.2, 0) is 6.42 Å². The van der Waals surface area contributed by atoms with Gasteiger partial charge in [0.25, 0.3) is 0 Å². The fraction of sp³-hybridized carbons (Fsp3) is 0.308. The average Bonchev–Trinajstić information content (AvgIpc) is 3.08. The van der Waals surface area contributed by atoms with E-state index < -0.39 is 0 Å². The first-order valence-electron chi connectivity index (χ1n) is 5.82. The van der Waals surface area contributed by atoms with Crippen molar-refractivity contribution in [2.75, 3.05) is 5.73 Å². The van der Waals surface area contributed by atoms with Crippen LogP contribution in [0, 0.1) is 3.57 Å². The zero-order valence-corrected chi connectivity index (χ0v) is 13.3. The third-order valence-electron chi connectivity index (χ3n) is 3.07. The van der Waals surface area contributed by atoms with Gasteiger partial charge in [0.1, 0.15) is 0 Å². The Balaban J connectivity index is 1.91. The fourth-order valence-electron chi connectivity index (χ4n) is 2.02. The summed E-state index contributed by atoms with van der Waals surface area (Å²) in [6.07, 6.45) is 3.43. The Morgan fingerprint density at radius 2 is 2.22 bits per heavy atom. The van der Waals surface area contributed by atoms with Gasteiger partial charge in [-0.3, -0.25) is 0 Å². The SMILES string of the molecule is Nc1nc(C2CC2)c(Cc2ccc(Cl)cc2I)s1. The smallest absolute Gasteiger partial charge is 0.180 e. The molecule has 1 saturated carbocycles. The van der Waals surface area contributed by atoms with Crippen LogP contribution in [0.15, 0.2) is 18.2 Å². The van der Waals surface area contributed by atoms with E-state index in [4.69, 9.17) is 17.3 Å². The lowest BCUT2D eigenvalue weighted by Crippen LogP contribution is -1.93. The second-order valence-electron chi connectivity index (χ2n) is 4.55. The Hall–Kier alpha value is -0.330. The van der Waals surface area contributed by atoms with Crippen LogP contribution in [0.1, 0.15) is 34.9 Å². The zero-order chi connectivity index (χ0) is 12.7. The lowest BCUT2D eigenvalue weighted by molar-refractivity contribution is 1.01. The molecular weight excluding hydrogens is 379 g/mol. The van der Waals surface area contributed by atoms with E-state index in [1.165, 1.54) is 32.5 Å². The third-order valence-corrected chi connectivity index (χ3v) is 5.21. The molecule has 2 nitrogen and oxygen atoms in total. The normalized spacial score (nSPS) is 15.0. The van der Waals surface area contributed by atoms with Crippen LogP contribution >= 0.6 is 45.5 Å². The van der Waals surface area contributed by atoms with Gasteiger partial charge in [0, 0.05) is 25.8 Å². The molecule has 0 spiro atoms. The lowest BCUT2D eigenvalue weighted by atomic mass is 10.1. The van der Waals surface area contributed by atoms with Gasteiger partial charge in [0.05, 0.1) is 5.69 Å². The molecule has 3 rings (SSSR count). The number of nitrogen functional groups attached to an aromatic ring is 1. The first-order valence-corrected chi connectivity index (χ1v) is 8.10. The number of hydrogen-bond acceptors (Lipinski definition) is 3. The van der Waals surface area contributed by atoms with Gasteiger partial charge in [-0.2, -0.15) is 0 Å². The highest BCUT2D eigenvalue weighted by Gasteiger charge is 2.29. The highest BCUT2D eigenvalue weighted by molar-refractivity contribution is 14.1. The molecule has 0 bridgehead atoms. The van der Waals surface area contributed by atoms with Crippen LogP contribution in [0.25, 0.3) is 0 Å². The highest BCUT2D eigenvalue weighted by atomic mass is 127. The molecule has 0 saturated heterocycles. The molecule has 0 amide bonds. The lowest BCUT2D eigenvalue weighted by Gasteiger charge is -2.05. The van der Waals surface area contributed by atoms with Crippen molar-refractivity contribution in [3.63, 3.8) is 0 Å². The number of halogens is 2. The topological polar surface area (TPSA) is 38.9 Å². The number of nitrogens with zero attached hydrogens (tertiary/aromatic N) is 1. The number of thiazole rings is 1. The molecule has 0 aliphatic heterocycles. The van der Waals surface area contributed by atoms with E-state index in [0.717, 1.165) is 11.4 Å². The molecule has 1 aromatic carbocycles. The molecule has 1 aliphatic rings. The monoisotopic (exact) mass is 390 g/mol. The number of nitrogens with two attached hydrogens (primary N) is 1. The third kappa shape index (κ3) is 2.65. The quantitative estimate of drug-likeness (QED) is 0.786. The molecule has 1 aliphatic carbocycles. The number of anilines is 1. The van der Waals surface area contributed by atoms with Crippen molar-refractivity contribution in [2.45, 2.75) is 25.2 Å². The molecule has 0 radical (unpaired) electrons. The van der Waals surface area contributed by atoms with E-state index in [1.807, 2.05) is 12.1 Å². The predicted molar refractivity (Wildman–Crippen MR) is 85.5 cm³/mol. The van der Waals surface area contributed by atoms with Crippen molar-refractivity contribution in [1.29, 1.82) is 0 Å². The van der Waals surface area contributed by atoms with Gasteiger partial charge in [-0.1, -0.05) is 17.7 Å². The molecule has 5 heteroatoms. The molecule has 18 heavy (non-hydrogen) atoms. The zero-order valence-electron chi connectivity index (χ0n) is 9.62. The van der Waals surface area contributed by atoms with Gasteiger partial charge < -0.3 is 5.73 Å². The van der Waals surface area contributed by atoms with Crippen molar-refractivity contribution in [1.82, 2.24) is 4.98 Å². The van der Waals surface area contributed by atoms with Crippen LogP contribution < -0.4 is 5.73 Å². The van der Waals surface area contributed by atoms with Crippen molar-refractivity contribution >= 4 is 50.7 Å². The largest absolute Gasteiger partial charge is 0.375 e. The average molecular weight is 391 g/mol. The molecule has 1 heterocycles. The number of aromatic nitrogens is 1. The van der Waals surface area contributed by atoms with Crippen LogP contribution in [0.5, 0.6) is 0 Å². The molecule has 0 unspecified atom stereocenters. The molecule has 94 valence electrons. The minimum absolute atomic E-state index is 0.651. The summed E-state index contributed by atoms with van der Waals surface area (Å²) < 4.78 is 1.20. The predicted octanol–water partition coefficient (Wildman–Crippen LogP) is 4.45. The molecular formula is C13H12ClIN2S. The Kier molecular flexibility index (Phi) is 3.51. The van der Waals surface area contributed by atoms with E-state index >= 15 is 0 Å². The summed E-state index contributed by atoms with van der Waals surface area (Å²) in [5.41, 5.74) is 8.37. The number of benzene rings is 1. The molecule has 1 fully saturated rings. The van der Waals surface area contributed by atoms with E-state index in [2.05, 4.69) is 33.6 Å². The fourth-order valence-corrected chi connectivity index (χ4v) is 4.03. The maximum atomic E-state index is 5.98. The Bertz CT molecular complexity index is 593. The summed E-state index contributed by atoms with van der Waals surface area (Å²) in [6.45, 7) is 0. The van der Waals surface area contributed by atoms with Gasteiger partial charge in [-0.05, 0) is 53.1 Å². The van der Waals surface area contributed by atoms with Crippen LogP contribution in [-0.4, -0.2) is 4.98 Å². The van der Waals surface area contributed by atoms with Crippen LogP contribution in [0.4, 0.5) is 5.13 Å². The first kappa shape index (κ1) is 12.7. The summed E-state index contributed by atoms with van der Waals surface area (Å²) in [4.78, 5) is 5.80. The van der Waals surface area contributed by atoms with Gasteiger partial charge >= 0.3 is 0 Å². The van der Waals surface area contributed by atoms with Crippen molar-refractivity contribution < 1.29 is 0 Å². The standard InChI is InChI=1S/C13H12ClIN2S/c14-9-4-3-8(10(15)6-9)5-11-12(7-1-2-7)17-13(16)18-11/h3-4,6-7H,1-2,5H2,(H2,16,17). The second kappa shape index (κ2) is 4.98. The molecule has 0 atom stereocenters. The van der Waals surface area contributed by atoms with Crippen molar-refractivity contribution in [3.05, 3.63) is 42.9 Å². The minimum atomic E-state index is 0.651. The maximum absolute atomic E-state index is 5.98. The summed E-state index contributed by atoms with van der Waals surface area (Å²) in [6, 6.07) is 6.04. The Morgan fingerprint density at radius 1 is 1.44 bits per heavy atom. The highest BCUT2D eigenvalue weighted by Crippen LogP contribution is 2.43. The maximum Gasteiger partial charge on any atom is 0.180 e. The van der Waals surface area contributed by atoms with Crippen LogP contribution in [0.3, 0.4) is 0 Å². The van der Waals surface area contributed by atoms with Gasteiger partial charge in [-0.15, -0.1) is 11.3 Å². The summed E-state index contributed by atoms with van der Waals surface area (Å²) >= 11 is 9.93. The van der Waals surface area contributed by atoms with Gasteiger partial charge in [-0.25, -0.2) is 4.98 Å². The number of rotatable bonds is 3. The van der Waals surface area contributed by atoms with Gasteiger partial charge in [0.2, 0.25) is 0 Å². The molecule has 1 aromatic heterocycles. The van der Waals surface area contributed by atoms with E-state index in [9.17, 15) is 0 Å². The molecule has 2 aromatic rings. The summed E-state index contributed by atoms with van der Waals surface area (Å²) in [7, 11) is 0. The van der Waals surface area contributed by atoms with E-state index in [-0.39, 0.29) is 0 Å². The Morgan fingerprint density at radius 3 is 2.89 bits per heavy atom. The van der Waals surface area contributed by atoms with Crippen molar-refractivity contribution in [3.8, 4) is 0 Å². The van der Waals surface area contributed by atoms with Crippen LogP contribution in [0.2, 0.25) is 5.02 Å². The summed E-state index contributed by atoms with van der Waals surface area (Å²) in [5.74, 6) is 0.651. The summed E-state index contributed by atoms with van der Waals surface area (Å²) in [5, 5.41) is 1.48. The number of hydrogen-bond donors (Lipinski definition) is 1. The first-order chi connectivity index (χ1) is 8.63. The van der Waals surface area contributed by atoms with Gasteiger partial charge in [0.15, 0.2) is 5.13 Å². The minimum Gasteiger partial charge on any atom is -0.375 e.